The lowest BCUT2D eigenvalue weighted by molar-refractivity contribution is 0.0417. The molecule has 3 nitrogen and oxygen atoms in total. The smallest absolute Gasteiger partial charge is 0.0355 e. The predicted octanol–water partition coefficient (Wildman–Crippen LogP) is 0.751. The third kappa shape index (κ3) is 2.27. The molecule has 0 unspecified atom stereocenters. The Morgan fingerprint density at radius 2 is 1.71 bits per heavy atom. The number of likely N-dealkylation sites (N-methyl/N-ethyl adjacent to an activating group) is 1. The van der Waals surface area contributed by atoms with E-state index in [4.69, 9.17) is 5.73 Å². The second-order valence-corrected chi connectivity index (χ2v) is 4.40. The molecule has 14 heavy (non-hydrogen) atoms. The topological polar surface area (TPSA) is 32.5 Å². The third-order valence-electron chi connectivity index (χ3n) is 3.73. The molecule has 0 aromatic rings. The van der Waals surface area contributed by atoms with Crippen molar-refractivity contribution in [2.24, 2.45) is 5.73 Å². The molecule has 1 fully saturated rings. The summed E-state index contributed by atoms with van der Waals surface area (Å²) in [4.78, 5) is 4.94. The molecule has 1 saturated heterocycles. The largest absolute Gasteiger partial charge is 0.329 e. The summed E-state index contributed by atoms with van der Waals surface area (Å²) in [6.45, 7) is 9.90. The lowest BCUT2D eigenvalue weighted by Crippen LogP contribution is -2.58. The number of likely N-dealkylation sites (tertiary alicyclic amines) is 1. The third-order valence-corrected chi connectivity index (χ3v) is 3.73. The fraction of sp³-hybridized carbons (Fsp3) is 1.00. The second kappa shape index (κ2) is 5.10. The van der Waals surface area contributed by atoms with Gasteiger partial charge < -0.3 is 10.6 Å². The van der Waals surface area contributed by atoms with E-state index in [1.165, 1.54) is 25.9 Å². The second-order valence-electron chi connectivity index (χ2n) is 4.40. The molecule has 1 rings (SSSR count). The van der Waals surface area contributed by atoms with E-state index in [0.29, 0.717) is 0 Å². The van der Waals surface area contributed by atoms with Crippen molar-refractivity contribution in [1.29, 1.82) is 0 Å². The molecule has 1 aliphatic rings. The Hall–Kier alpha value is -0.120. The minimum Gasteiger partial charge on any atom is -0.329 e. The quantitative estimate of drug-likeness (QED) is 0.725. The van der Waals surface area contributed by atoms with Crippen molar-refractivity contribution in [2.45, 2.75) is 32.2 Å². The number of rotatable bonds is 4. The van der Waals surface area contributed by atoms with Crippen molar-refractivity contribution in [3.05, 3.63) is 0 Å². The average Bonchev–Trinajstić information content (AvgIpc) is 2.23. The Morgan fingerprint density at radius 1 is 1.21 bits per heavy atom. The number of hydrogen-bond acceptors (Lipinski definition) is 3. The van der Waals surface area contributed by atoms with E-state index < -0.39 is 0 Å². The van der Waals surface area contributed by atoms with Gasteiger partial charge in [0.15, 0.2) is 0 Å². The van der Waals surface area contributed by atoms with Crippen molar-refractivity contribution in [3.8, 4) is 0 Å². The highest BCUT2D eigenvalue weighted by atomic mass is 15.2. The summed E-state index contributed by atoms with van der Waals surface area (Å²) in [7, 11) is 2.20. The van der Waals surface area contributed by atoms with E-state index in [1.807, 2.05) is 0 Å². The summed E-state index contributed by atoms with van der Waals surface area (Å²) in [5.41, 5.74) is 6.26. The highest BCUT2D eigenvalue weighted by Crippen LogP contribution is 2.27. The molecule has 0 atom stereocenters. The van der Waals surface area contributed by atoms with E-state index in [-0.39, 0.29) is 5.54 Å². The molecular formula is C11H25N3. The fourth-order valence-electron chi connectivity index (χ4n) is 2.58. The highest BCUT2D eigenvalue weighted by molar-refractivity contribution is 4.95. The lowest BCUT2D eigenvalue weighted by atomic mass is 9.85. The molecule has 2 N–H and O–H groups in total. The van der Waals surface area contributed by atoms with Crippen LogP contribution in [-0.4, -0.2) is 55.1 Å². The van der Waals surface area contributed by atoms with Gasteiger partial charge in [0.2, 0.25) is 0 Å². The van der Waals surface area contributed by atoms with Crippen LogP contribution < -0.4 is 5.73 Å². The predicted molar refractivity (Wildman–Crippen MR) is 61.4 cm³/mol. The zero-order chi connectivity index (χ0) is 10.6. The van der Waals surface area contributed by atoms with E-state index >= 15 is 0 Å². The van der Waals surface area contributed by atoms with Gasteiger partial charge in [-0.3, -0.25) is 4.90 Å². The first-order valence-corrected chi connectivity index (χ1v) is 5.82. The first kappa shape index (κ1) is 12.0. The van der Waals surface area contributed by atoms with Gasteiger partial charge in [-0.1, -0.05) is 13.8 Å². The van der Waals surface area contributed by atoms with Crippen molar-refractivity contribution in [2.75, 3.05) is 39.8 Å². The molecule has 1 heterocycles. The van der Waals surface area contributed by atoms with Gasteiger partial charge in [0, 0.05) is 12.1 Å². The standard InChI is InChI=1S/C11H25N3/c1-4-14(5-2)11(10-12)6-8-13(3)9-7-11/h4-10,12H2,1-3H3. The molecule has 1 aliphatic heterocycles. The zero-order valence-corrected chi connectivity index (χ0v) is 9.92. The molecule has 0 aromatic heterocycles. The number of piperidine rings is 1. The molecule has 0 aromatic carbocycles. The van der Waals surface area contributed by atoms with E-state index in [1.54, 1.807) is 0 Å². The summed E-state index contributed by atoms with van der Waals surface area (Å²) in [6, 6.07) is 0. The van der Waals surface area contributed by atoms with Crippen molar-refractivity contribution < 1.29 is 0 Å². The van der Waals surface area contributed by atoms with Gasteiger partial charge in [0.05, 0.1) is 0 Å². The summed E-state index contributed by atoms with van der Waals surface area (Å²) in [6.07, 6.45) is 2.45. The van der Waals surface area contributed by atoms with Crippen LogP contribution >= 0.6 is 0 Å². The number of hydrogen-bond donors (Lipinski definition) is 1. The number of nitrogens with two attached hydrogens (primary N) is 1. The van der Waals surface area contributed by atoms with Crippen LogP contribution in [0, 0.1) is 0 Å². The van der Waals surface area contributed by atoms with Gasteiger partial charge in [-0.05, 0) is 46.1 Å². The Morgan fingerprint density at radius 3 is 2.07 bits per heavy atom. The lowest BCUT2D eigenvalue weighted by Gasteiger charge is -2.47. The van der Waals surface area contributed by atoms with Gasteiger partial charge in [0.1, 0.15) is 0 Å². The molecule has 0 amide bonds. The normalized spacial score (nSPS) is 22.9. The monoisotopic (exact) mass is 199 g/mol. The zero-order valence-electron chi connectivity index (χ0n) is 9.92. The average molecular weight is 199 g/mol. The van der Waals surface area contributed by atoms with Crippen LogP contribution in [0.15, 0.2) is 0 Å². The van der Waals surface area contributed by atoms with Crippen LogP contribution in [0.5, 0.6) is 0 Å². The van der Waals surface area contributed by atoms with Gasteiger partial charge in [-0.25, -0.2) is 0 Å². The molecule has 0 saturated carbocycles. The Balaban J connectivity index is 2.65. The van der Waals surface area contributed by atoms with Gasteiger partial charge in [0.25, 0.3) is 0 Å². The first-order chi connectivity index (χ1) is 6.68. The Labute approximate surface area is 88.2 Å². The Bertz CT molecular complexity index is 158. The van der Waals surface area contributed by atoms with Crippen LogP contribution in [0.4, 0.5) is 0 Å². The van der Waals surface area contributed by atoms with Gasteiger partial charge >= 0.3 is 0 Å². The van der Waals surface area contributed by atoms with E-state index in [0.717, 1.165) is 19.6 Å². The number of nitrogens with zero attached hydrogens (tertiary/aromatic N) is 2. The maximum atomic E-state index is 5.98. The SMILES string of the molecule is CCN(CC)C1(CN)CCN(C)CC1. The first-order valence-electron chi connectivity index (χ1n) is 5.82. The minimum absolute atomic E-state index is 0.288. The van der Waals surface area contributed by atoms with E-state index in [9.17, 15) is 0 Å². The van der Waals surface area contributed by atoms with Crippen molar-refractivity contribution in [3.63, 3.8) is 0 Å². The Kier molecular flexibility index (Phi) is 4.35. The molecule has 84 valence electrons. The molecule has 0 spiro atoms. The highest BCUT2D eigenvalue weighted by Gasteiger charge is 2.36. The van der Waals surface area contributed by atoms with Crippen LogP contribution in [0.3, 0.4) is 0 Å². The molecule has 0 bridgehead atoms. The van der Waals surface area contributed by atoms with Gasteiger partial charge in [-0.15, -0.1) is 0 Å². The maximum absolute atomic E-state index is 5.98. The van der Waals surface area contributed by atoms with Crippen molar-refractivity contribution in [1.82, 2.24) is 9.80 Å². The molecule has 3 heteroatoms. The van der Waals surface area contributed by atoms with Crippen LogP contribution in [0.25, 0.3) is 0 Å². The summed E-state index contributed by atoms with van der Waals surface area (Å²) < 4.78 is 0. The van der Waals surface area contributed by atoms with Crippen LogP contribution in [0.2, 0.25) is 0 Å². The fourth-order valence-corrected chi connectivity index (χ4v) is 2.58. The summed E-state index contributed by atoms with van der Waals surface area (Å²) in [5.74, 6) is 0. The van der Waals surface area contributed by atoms with Crippen LogP contribution in [0.1, 0.15) is 26.7 Å². The summed E-state index contributed by atoms with van der Waals surface area (Å²) >= 11 is 0. The van der Waals surface area contributed by atoms with Crippen molar-refractivity contribution >= 4 is 0 Å². The van der Waals surface area contributed by atoms with E-state index in [2.05, 4.69) is 30.7 Å². The van der Waals surface area contributed by atoms with Gasteiger partial charge in [-0.2, -0.15) is 0 Å². The molecule has 0 aliphatic carbocycles. The minimum atomic E-state index is 0.288. The van der Waals surface area contributed by atoms with Crippen LogP contribution in [-0.2, 0) is 0 Å². The molecule has 0 radical (unpaired) electrons. The molecular weight excluding hydrogens is 174 g/mol. The summed E-state index contributed by atoms with van der Waals surface area (Å²) in [5, 5.41) is 0. The maximum Gasteiger partial charge on any atom is 0.0355 e.